The van der Waals surface area contributed by atoms with Crippen LogP contribution >= 0.6 is 0 Å². The molecule has 0 spiro atoms. The Bertz CT molecular complexity index is 994. The van der Waals surface area contributed by atoms with E-state index in [1.165, 1.54) is 32.8 Å². The van der Waals surface area contributed by atoms with Crippen molar-refractivity contribution in [2.45, 2.75) is 63.8 Å². The maximum Gasteiger partial charge on any atom is 0.329 e. The largest absolute Gasteiger partial charge is 0.494 e. The Labute approximate surface area is 195 Å². The van der Waals surface area contributed by atoms with E-state index in [1.54, 1.807) is 6.07 Å². The van der Waals surface area contributed by atoms with Gasteiger partial charge in [-0.05, 0) is 66.6 Å². The second kappa shape index (κ2) is 10.1. The van der Waals surface area contributed by atoms with Crippen LogP contribution < -0.4 is 10.1 Å². The summed E-state index contributed by atoms with van der Waals surface area (Å²) in [6.07, 6.45) is 7.77. The topological polar surface area (TPSA) is 67.8 Å². The van der Waals surface area contributed by atoms with Crippen molar-refractivity contribution in [1.29, 1.82) is 0 Å². The minimum absolute atomic E-state index is 0.237. The first kappa shape index (κ1) is 23.6. The van der Waals surface area contributed by atoms with Crippen LogP contribution in [0, 0.1) is 18.7 Å². The quantitative estimate of drug-likeness (QED) is 0.513. The third-order valence-electron chi connectivity index (χ3n) is 7.23. The summed E-state index contributed by atoms with van der Waals surface area (Å²) in [5, 5.41) is 13.2. The summed E-state index contributed by atoms with van der Waals surface area (Å²) in [7, 11) is 1.48. The van der Waals surface area contributed by atoms with Crippen molar-refractivity contribution in [3.63, 3.8) is 0 Å². The fourth-order valence-electron chi connectivity index (χ4n) is 5.27. The van der Waals surface area contributed by atoms with E-state index in [2.05, 4.69) is 5.32 Å². The second-order valence-electron chi connectivity index (χ2n) is 9.51. The zero-order valence-corrected chi connectivity index (χ0v) is 19.6. The van der Waals surface area contributed by atoms with Crippen LogP contribution in [0.3, 0.4) is 0 Å². The Hall–Kier alpha value is -2.60. The number of methoxy groups -OCH3 is 1. The Morgan fingerprint density at radius 1 is 1.18 bits per heavy atom. The van der Waals surface area contributed by atoms with E-state index in [4.69, 9.17) is 9.47 Å². The van der Waals surface area contributed by atoms with Crippen LogP contribution in [0.4, 0.5) is 10.1 Å². The van der Waals surface area contributed by atoms with Crippen LogP contribution in [0.1, 0.15) is 56.1 Å². The standard InChI is InChI=1S/C27H34FNO4/c1-18-15-23(25(28)24(16-18)32-2)22-10-9-21(17-20(22)8-7-19-5-3-4-6-19)29-27(26(30)31)11-13-33-14-12-27/h9-10,15-17,19,29H,3-8,11-14H2,1-2H3,(H,30,31). The predicted octanol–water partition coefficient (Wildman–Crippen LogP) is 5.98. The smallest absolute Gasteiger partial charge is 0.329 e. The zero-order valence-electron chi connectivity index (χ0n) is 19.6. The number of aryl methyl sites for hydroxylation is 2. The minimum atomic E-state index is -1.04. The number of hydrogen-bond donors (Lipinski definition) is 2. The summed E-state index contributed by atoms with van der Waals surface area (Å²) >= 11 is 0. The van der Waals surface area contributed by atoms with Gasteiger partial charge in [-0.1, -0.05) is 31.7 Å². The molecule has 0 bridgehead atoms. The van der Waals surface area contributed by atoms with Crippen LogP contribution in [0.25, 0.3) is 11.1 Å². The molecule has 2 fully saturated rings. The lowest BCUT2D eigenvalue weighted by molar-refractivity contribution is -0.145. The second-order valence-corrected chi connectivity index (χ2v) is 9.51. The first-order valence-electron chi connectivity index (χ1n) is 12.0. The van der Waals surface area contributed by atoms with Gasteiger partial charge in [-0.25, -0.2) is 9.18 Å². The van der Waals surface area contributed by atoms with Gasteiger partial charge >= 0.3 is 5.97 Å². The molecule has 0 atom stereocenters. The predicted molar refractivity (Wildman–Crippen MR) is 127 cm³/mol. The number of rotatable bonds is 8. The monoisotopic (exact) mass is 455 g/mol. The molecule has 33 heavy (non-hydrogen) atoms. The molecule has 1 saturated carbocycles. The molecule has 6 heteroatoms. The van der Waals surface area contributed by atoms with Gasteiger partial charge in [0.2, 0.25) is 0 Å². The molecule has 2 aliphatic rings. The molecule has 1 saturated heterocycles. The van der Waals surface area contributed by atoms with Crippen LogP contribution in [0.15, 0.2) is 30.3 Å². The highest BCUT2D eigenvalue weighted by Gasteiger charge is 2.40. The van der Waals surface area contributed by atoms with Crippen LogP contribution in [0.5, 0.6) is 5.75 Å². The molecule has 5 nitrogen and oxygen atoms in total. The molecule has 2 N–H and O–H groups in total. The fraction of sp³-hybridized carbons (Fsp3) is 0.519. The molecule has 0 unspecified atom stereocenters. The number of hydrogen-bond acceptors (Lipinski definition) is 4. The molecule has 0 radical (unpaired) electrons. The number of benzene rings is 2. The van der Waals surface area contributed by atoms with Gasteiger partial charge in [-0.3, -0.25) is 0 Å². The fourth-order valence-corrected chi connectivity index (χ4v) is 5.27. The average Bonchev–Trinajstić information content (AvgIpc) is 3.33. The molecule has 1 aliphatic heterocycles. The number of carboxylic acids is 1. The van der Waals surface area contributed by atoms with Gasteiger partial charge in [0.05, 0.1) is 7.11 Å². The highest BCUT2D eigenvalue weighted by atomic mass is 19.1. The molecular weight excluding hydrogens is 421 g/mol. The molecule has 1 heterocycles. The molecule has 2 aromatic rings. The number of carboxylic acid groups (broad SMARTS) is 1. The van der Waals surface area contributed by atoms with Gasteiger partial charge in [0.15, 0.2) is 11.6 Å². The van der Waals surface area contributed by atoms with Gasteiger partial charge in [0.1, 0.15) is 5.54 Å². The van der Waals surface area contributed by atoms with Crippen molar-refractivity contribution in [1.82, 2.24) is 0 Å². The summed E-state index contributed by atoms with van der Waals surface area (Å²) in [6.45, 7) is 2.77. The number of aliphatic carboxylic acids is 1. The Morgan fingerprint density at radius 3 is 2.58 bits per heavy atom. The highest BCUT2D eigenvalue weighted by Crippen LogP contribution is 2.37. The Kier molecular flexibility index (Phi) is 7.23. The van der Waals surface area contributed by atoms with Crippen LogP contribution in [-0.2, 0) is 16.0 Å². The third-order valence-corrected chi connectivity index (χ3v) is 7.23. The van der Waals surface area contributed by atoms with Crippen molar-refractivity contribution in [3.8, 4) is 16.9 Å². The molecule has 4 rings (SSSR count). The summed E-state index contributed by atoms with van der Waals surface area (Å²) in [5.41, 5.74) is 3.04. The lowest BCUT2D eigenvalue weighted by Crippen LogP contribution is -2.50. The van der Waals surface area contributed by atoms with Gasteiger partial charge in [0, 0.05) is 37.3 Å². The minimum Gasteiger partial charge on any atom is -0.494 e. The summed E-state index contributed by atoms with van der Waals surface area (Å²) in [5.74, 6) is -0.289. The maximum absolute atomic E-state index is 15.3. The Morgan fingerprint density at radius 2 is 1.91 bits per heavy atom. The van der Waals surface area contributed by atoms with Gasteiger partial charge in [-0.2, -0.15) is 0 Å². The van der Waals surface area contributed by atoms with Crippen LogP contribution in [0.2, 0.25) is 0 Å². The van der Waals surface area contributed by atoms with E-state index in [0.29, 0.717) is 37.5 Å². The van der Waals surface area contributed by atoms with Crippen molar-refractivity contribution >= 4 is 11.7 Å². The zero-order chi connectivity index (χ0) is 23.4. The first-order chi connectivity index (χ1) is 15.9. The number of nitrogens with one attached hydrogen (secondary N) is 1. The normalized spacial score (nSPS) is 18.3. The molecule has 0 aromatic heterocycles. The van der Waals surface area contributed by atoms with E-state index < -0.39 is 11.5 Å². The number of anilines is 1. The van der Waals surface area contributed by atoms with Gasteiger partial charge in [-0.15, -0.1) is 0 Å². The van der Waals surface area contributed by atoms with Crippen molar-refractivity contribution in [3.05, 3.63) is 47.3 Å². The summed E-state index contributed by atoms with van der Waals surface area (Å²) < 4.78 is 25.9. The molecule has 0 amide bonds. The lowest BCUT2D eigenvalue weighted by Gasteiger charge is -2.35. The van der Waals surface area contributed by atoms with E-state index in [1.807, 2.05) is 31.2 Å². The van der Waals surface area contributed by atoms with Crippen molar-refractivity contribution in [2.24, 2.45) is 5.92 Å². The first-order valence-corrected chi connectivity index (χ1v) is 12.0. The average molecular weight is 456 g/mol. The van der Waals surface area contributed by atoms with Crippen molar-refractivity contribution in [2.75, 3.05) is 25.6 Å². The highest BCUT2D eigenvalue weighted by molar-refractivity contribution is 5.83. The lowest BCUT2D eigenvalue weighted by atomic mass is 9.88. The third kappa shape index (κ3) is 5.16. The Balaban J connectivity index is 1.70. The van der Waals surface area contributed by atoms with Crippen LogP contribution in [-0.4, -0.2) is 36.9 Å². The number of ether oxygens (including phenoxy) is 2. The number of halogens is 1. The molecule has 1 aliphatic carbocycles. The van der Waals surface area contributed by atoms with Gasteiger partial charge in [0.25, 0.3) is 0 Å². The molecular formula is C27H34FNO4. The summed E-state index contributed by atoms with van der Waals surface area (Å²) in [6, 6.07) is 9.35. The summed E-state index contributed by atoms with van der Waals surface area (Å²) in [4.78, 5) is 12.1. The van der Waals surface area contributed by atoms with E-state index in [9.17, 15) is 9.90 Å². The van der Waals surface area contributed by atoms with Crippen molar-refractivity contribution < 1.29 is 23.8 Å². The van der Waals surface area contributed by atoms with E-state index in [-0.39, 0.29) is 11.6 Å². The number of carbonyl (C=O) groups is 1. The van der Waals surface area contributed by atoms with Gasteiger partial charge < -0.3 is 19.9 Å². The SMILES string of the molecule is COc1cc(C)cc(-c2ccc(NC3(C(=O)O)CCOCC3)cc2CCC2CCCC2)c1F. The van der Waals surface area contributed by atoms with E-state index >= 15 is 4.39 Å². The molecule has 178 valence electrons. The molecule has 2 aromatic carbocycles. The van der Waals surface area contributed by atoms with E-state index in [0.717, 1.165) is 35.2 Å². The maximum atomic E-state index is 15.3.